The lowest BCUT2D eigenvalue weighted by molar-refractivity contribution is -0.149. The Bertz CT molecular complexity index is 1700. The lowest BCUT2D eigenvalue weighted by Crippen LogP contribution is -2.54. The molecule has 11 heteroatoms. The van der Waals surface area contributed by atoms with Crippen LogP contribution in [-0.4, -0.2) is 121 Å². The van der Waals surface area contributed by atoms with Gasteiger partial charge in [0.2, 0.25) is 17.7 Å². The van der Waals surface area contributed by atoms with E-state index in [1.165, 1.54) is 11.1 Å². The first-order valence-corrected chi connectivity index (χ1v) is 23.7. The second-order valence-electron chi connectivity index (χ2n) is 19.6. The van der Waals surface area contributed by atoms with Crippen LogP contribution in [0.2, 0.25) is 0 Å². The Morgan fingerprint density at radius 1 is 0.841 bits per heavy atom. The largest absolute Gasteiger partial charge is 0.386 e. The number of ketones is 1. The van der Waals surface area contributed by atoms with E-state index < -0.39 is 42.2 Å². The molecule has 0 spiro atoms. The number of likely N-dealkylation sites (tertiary alicyclic amines) is 1. The molecule has 1 fully saturated rings. The topological polar surface area (TPSA) is 129 Å². The highest BCUT2D eigenvalue weighted by molar-refractivity contribution is 5.90. The van der Waals surface area contributed by atoms with Gasteiger partial charge in [-0.2, -0.15) is 0 Å². The quantitative estimate of drug-likeness (QED) is 0.0982. The van der Waals surface area contributed by atoms with E-state index >= 15 is 0 Å². The van der Waals surface area contributed by atoms with Crippen LogP contribution in [0.3, 0.4) is 0 Å². The van der Waals surface area contributed by atoms with Gasteiger partial charge in [0, 0.05) is 46.7 Å². The van der Waals surface area contributed by atoms with Crippen LogP contribution in [0.15, 0.2) is 54.6 Å². The van der Waals surface area contributed by atoms with Gasteiger partial charge in [-0.3, -0.25) is 24.1 Å². The molecule has 1 saturated heterocycles. The Hall–Kier alpha value is -3.64. The molecule has 3 rings (SSSR count). The third-order valence-corrected chi connectivity index (χ3v) is 13.6. The van der Waals surface area contributed by atoms with Crippen molar-refractivity contribution in [2.24, 2.45) is 35.5 Å². The number of amides is 3. The number of nitrogens with one attached hydrogen (secondary N) is 1. The lowest BCUT2D eigenvalue weighted by Gasteiger charge is -2.41. The molecule has 10 atom stereocenters. The predicted molar refractivity (Wildman–Crippen MR) is 253 cm³/mol. The van der Waals surface area contributed by atoms with Gasteiger partial charge in [-0.05, 0) is 80.0 Å². The Morgan fingerprint density at radius 3 is 2.00 bits per heavy atom. The molecule has 2 aromatic rings. The first-order chi connectivity index (χ1) is 29.8. The minimum atomic E-state index is -0.879. The van der Waals surface area contributed by atoms with Gasteiger partial charge in [0.25, 0.3) is 0 Å². The zero-order valence-corrected chi connectivity index (χ0v) is 41.3. The second-order valence-corrected chi connectivity index (χ2v) is 19.6. The van der Waals surface area contributed by atoms with Gasteiger partial charge in [-0.1, -0.05) is 123 Å². The molecule has 0 unspecified atom stereocenters. The van der Waals surface area contributed by atoms with Crippen LogP contribution in [0, 0.1) is 35.5 Å². The fourth-order valence-corrected chi connectivity index (χ4v) is 9.77. The molecule has 2 N–H and O–H groups in total. The molecule has 1 aliphatic heterocycles. The number of Topliss-reactive ketones (excluding diaryl/α,β-unsaturated/α-hetero) is 1. The number of hydrogen-bond donors (Lipinski definition) is 2. The fourth-order valence-electron chi connectivity index (χ4n) is 9.77. The normalized spacial score (nSPS) is 18.8. The van der Waals surface area contributed by atoms with Crippen LogP contribution in [0.5, 0.6) is 0 Å². The molecule has 1 heterocycles. The van der Waals surface area contributed by atoms with Crippen molar-refractivity contribution < 1.29 is 33.8 Å². The standard InChI is InChI=1S/C52H84N4O7/c1-15-36(8)48(55(12)52(61)42(34(4)5)31-44(57)47(35(6)7)54(11)29-27-39-23-25-40(26-24-39)30-33(2)3)45(62-13)32-46(58)56-28-19-22-43(56)50(63-14)37(9)51(60)53-38(10)49(59)41-20-17-16-18-21-41/h16-18,20-21,23-26,33-38,42-43,45,47-50,59H,15,19,22,27-32H2,1-14H3,(H,53,60)/t36-,37+,38+,42-,43-,45+,47-,48-,49+,50+/m0/s1. The summed E-state index contributed by atoms with van der Waals surface area (Å²) in [5.74, 6) is -1.01. The number of carbonyl (C=O) groups excluding carboxylic acids is 4. The van der Waals surface area contributed by atoms with Gasteiger partial charge in [0.15, 0.2) is 5.78 Å². The number of aliphatic hydroxyl groups excluding tert-OH is 1. The molecule has 3 amide bonds. The van der Waals surface area contributed by atoms with E-state index in [9.17, 15) is 24.3 Å². The first kappa shape index (κ1) is 53.7. The van der Waals surface area contributed by atoms with E-state index in [0.717, 1.165) is 32.2 Å². The van der Waals surface area contributed by atoms with E-state index in [1.54, 1.807) is 40.0 Å². The zero-order valence-electron chi connectivity index (χ0n) is 41.3. The minimum absolute atomic E-state index is 0.00718. The van der Waals surface area contributed by atoms with E-state index in [2.05, 4.69) is 76.0 Å². The molecule has 11 nitrogen and oxygen atoms in total. The van der Waals surface area contributed by atoms with Gasteiger partial charge in [-0.15, -0.1) is 0 Å². The average Bonchev–Trinajstić information content (AvgIpc) is 3.74. The molecule has 0 aliphatic carbocycles. The average molecular weight is 877 g/mol. The summed E-state index contributed by atoms with van der Waals surface area (Å²) in [5.41, 5.74) is 3.29. The summed E-state index contributed by atoms with van der Waals surface area (Å²) in [6.07, 6.45) is 2.19. The van der Waals surface area contributed by atoms with Gasteiger partial charge >= 0.3 is 0 Å². The van der Waals surface area contributed by atoms with Crippen LogP contribution in [0.25, 0.3) is 0 Å². The van der Waals surface area contributed by atoms with E-state index in [1.807, 2.05) is 56.1 Å². The maximum atomic E-state index is 14.7. The van der Waals surface area contributed by atoms with Crippen molar-refractivity contribution in [3.63, 3.8) is 0 Å². The molecule has 0 saturated carbocycles. The molecule has 0 aromatic heterocycles. The van der Waals surface area contributed by atoms with Crippen molar-refractivity contribution in [2.75, 3.05) is 41.4 Å². The third-order valence-electron chi connectivity index (χ3n) is 13.6. The molecule has 2 aromatic carbocycles. The van der Waals surface area contributed by atoms with Crippen molar-refractivity contribution in [3.05, 3.63) is 71.3 Å². The number of aliphatic hydroxyl groups is 1. The summed E-state index contributed by atoms with van der Waals surface area (Å²) in [4.78, 5) is 62.6. The van der Waals surface area contributed by atoms with Gasteiger partial charge in [0.1, 0.15) is 0 Å². The van der Waals surface area contributed by atoms with Crippen molar-refractivity contribution in [2.45, 2.75) is 157 Å². The number of benzene rings is 2. The monoisotopic (exact) mass is 877 g/mol. The molecular weight excluding hydrogens is 793 g/mol. The Kier molecular flexibility index (Phi) is 21.9. The van der Waals surface area contributed by atoms with Crippen LogP contribution < -0.4 is 5.32 Å². The van der Waals surface area contributed by atoms with Crippen molar-refractivity contribution in [1.82, 2.24) is 20.0 Å². The molecular formula is C52H84N4O7. The summed E-state index contributed by atoms with van der Waals surface area (Å²) < 4.78 is 12.1. The summed E-state index contributed by atoms with van der Waals surface area (Å²) in [6.45, 7) is 21.6. The van der Waals surface area contributed by atoms with Crippen LogP contribution in [0.1, 0.15) is 124 Å². The van der Waals surface area contributed by atoms with Crippen LogP contribution >= 0.6 is 0 Å². The summed E-state index contributed by atoms with van der Waals surface area (Å²) in [6, 6.07) is 16.4. The number of likely N-dealkylation sites (N-methyl/N-ethyl adjacent to an activating group) is 2. The Labute approximate surface area is 381 Å². The zero-order chi connectivity index (χ0) is 47.1. The summed E-state index contributed by atoms with van der Waals surface area (Å²) >= 11 is 0. The lowest BCUT2D eigenvalue weighted by atomic mass is 9.83. The smallest absolute Gasteiger partial charge is 0.226 e. The number of carbonyl (C=O) groups is 4. The highest BCUT2D eigenvalue weighted by Gasteiger charge is 2.43. The van der Waals surface area contributed by atoms with Crippen molar-refractivity contribution in [3.8, 4) is 0 Å². The number of methoxy groups -OCH3 is 2. The van der Waals surface area contributed by atoms with Gasteiger partial charge in [-0.25, -0.2) is 0 Å². The fraction of sp³-hybridized carbons (Fsp3) is 0.692. The Balaban J connectivity index is 1.74. The predicted octanol–water partition coefficient (Wildman–Crippen LogP) is 7.77. The van der Waals surface area contributed by atoms with Gasteiger partial charge < -0.3 is 29.7 Å². The SMILES string of the molecule is CC[C@H](C)[C@@H]([C@@H](CC(=O)N1CCC[C@H]1[C@H](OC)[C@@H](C)C(=O)N[C@H](C)[C@@H](O)c1ccccc1)OC)N(C)C(=O)[C@@H](CC(=O)[C@H](C(C)C)N(C)CCc1ccc(CC(C)C)cc1)C(C)C. The number of nitrogens with zero attached hydrogens (tertiary/aromatic N) is 3. The van der Waals surface area contributed by atoms with Crippen LogP contribution in [-0.2, 0) is 41.5 Å². The molecule has 0 bridgehead atoms. The molecule has 354 valence electrons. The minimum Gasteiger partial charge on any atom is -0.386 e. The van der Waals surface area contributed by atoms with E-state index in [4.69, 9.17) is 9.47 Å². The van der Waals surface area contributed by atoms with Crippen molar-refractivity contribution in [1.29, 1.82) is 0 Å². The first-order valence-electron chi connectivity index (χ1n) is 23.7. The number of ether oxygens (including phenoxy) is 2. The summed E-state index contributed by atoms with van der Waals surface area (Å²) in [5, 5.41) is 13.9. The molecule has 1 aliphatic rings. The van der Waals surface area contributed by atoms with E-state index in [0.29, 0.717) is 24.4 Å². The van der Waals surface area contributed by atoms with Crippen LogP contribution in [0.4, 0.5) is 0 Å². The molecule has 0 radical (unpaired) electrons. The Morgan fingerprint density at radius 2 is 1.46 bits per heavy atom. The maximum absolute atomic E-state index is 14.7. The molecule has 63 heavy (non-hydrogen) atoms. The maximum Gasteiger partial charge on any atom is 0.226 e. The van der Waals surface area contributed by atoms with Crippen molar-refractivity contribution >= 4 is 23.5 Å². The van der Waals surface area contributed by atoms with E-state index in [-0.39, 0.29) is 66.2 Å². The third kappa shape index (κ3) is 14.9. The number of hydrogen-bond acceptors (Lipinski definition) is 8. The number of rotatable bonds is 26. The second kappa shape index (κ2) is 25.7. The highest BCUT2D eigenvalue weighted by atomic mass is 16.5. The van der Waals surface area contributed by atoms with Gasteiger partial charge in [0.05, 0.1) is 54.8 Å². The highest BCUT2D eigenvalue weighted by Crippen LogP contribution is 2.31. The summed E-state index contributed by atoms with van der Waals surface area (Å²) in [7, 11) is 6.97.